The summed E-state index contributed by atoms with van der Waals surface area (Å²) >= 11 is 0. The minimum atomic E-state index is 1.18. The minimum Gasteiger partial charge on any atom is -0.309 e. The van der Waals surface area contributed by atoms with E-state index < -0.39 is 0 Å². The minimum absolute atomic E-state index is 1.18. The molecule has 0 N–H and O–H groups in total. The van der Waals surface area contributed by atoms with E-state index in [9.17, 15) is 0 Å². The van der Waals surface area contributed by atoms with E-state index in [1.54, 1.807) is 11.1 Å². The second-order valence-corrected chi connectivity index (χ2v) is 15.0. The quantitative estimate of drug-likeness (QED) is 0.131. The SMILES string of the molecule is C(=C1CCCCC1)c1ccc(N(c2ccc(C=C3CCCCC3)cc2)c2c3ccccc3c3c4cccc5cccc(c6cccc2c63)c54)cc1. The Morgan fingerprint density at radius 2 is 0.784 bits per heavy atom. The third-order valence-electron chi connectivity index (χ3n) is 11.7. The van der Waals surface area contributed by atoms with E-state index in [2.05, 4.69) is 144 Å². The molecule has 2 aliphatic carbocycles. The third kappa shape index (κ3) is 5.30. The highest BCUT2D eigenvalue weighted by atomic mass is 15.1. The van der Waals surface area contributed by atoms with E-state index >= 15 is 0 Å². The van der Waals surface area contributed by atoms with E-state index in [1.807, 2.05) is 0 Å². The van der Waals surface area contributed by atoms with Crippen molar-refractivity contribution in [2.45, 2.75) is 64.2 Å². The fourth-order valence-electron chi connectivity index (χ4n) is 9.34. The lowest BCUT2D eigenvalue weighted by atomic mass is 9.86. The normalized spacial score (nSPS) is 15.4. The molecule has 0 heterocycles. The van der Waals surface area contributed by atoms with E-state index in [0.29, 0.717) is 0 Å². The van der Waals surface area contributed by atoms with Crippen LogP contribution in [0.2, 0.25) is 0 Å². The highest BCUT2D eigenvalue weighted by molar-refractivity contribution is 6.40. The Morgan fingerprint density at radius 1 is 0.353 bits per heavy atom. The summed E-state index contributed by atoms with van der Waals surface area (Å²) in [6.45, 7) is 0. The summed E-state index contributed by atoms with van der Waals surface area (Å²) in [7, 11) is 0. The molecule has 0 amide bonds. The molecule has 2 saturated carbocycles. The van der Waals surface area contributed by atoms with Crippen LogP contribution in [0.3, 0.4) is 0 Å². The molecule has 0 unspecified atom stereocenters. The van der Waals surface area contributed by atoms with Crippen molar-refractivity contribution in [3.05, 3.63) is 150 Å². The topological polar surface area (TPSA) is 3.24 Å². The predicted octanol–water partition coefficient (Wildman–Crippen LogP) is 15.1. The van der Waals surface area contributed by atoms with Gasteiger partial charge < -0.3 is 4.90 Å². The van der Waals surface area contributed by atoms with E-state index in [4.69, 9.17) is 0 Å². The lowest BCUT2D eigenvalue weighted by molar-refractivity contribution is 0.602. The largest absolute Gasteiger partial charge is 0.309 e. The zero-order valence-electron chi connectivity index (χ0n) is 29.3. The molecule has 0 saturated heterocycles. The van der Waals surface area contributed by atoms with Crippen molar-refractivity contribution in [1.29, 1.82) is 0 Å². The molecule has 0 aliphatic heterocycles. The van der Waals surface area contributed by atoms with Gasteiger partial charge in [0.1, 0.15) is 0 Å². The summed E-state index contributed by atoms with van der Waals surface area (Å²) < 4.78 is 0. The molecule has 51 heavy (non-hydrogen) atoms. The van der Waals surface area contributed by atoms with Gasteiger partial charge in [-0.05, 0) is 124 Å². The fraction of sp³-hybridized carbons (Fsp3) is 0.200. The first kappa shape index (κ1) is 30.4. The van der Waals surface area contributed by atoms with E-state index in [0.717, 1.165) is 0 Å². The number of fused-ring (bicyclic) bond motifs is 4. The molecular weight excluding hydrogens is 615 g/mol. The molecule has 10 rings (SSSR count). The maximum Gasteiger partial charge on any atom is 0.0619 e. The number of anilines is 3. The number of benzene rings is 8. The molecule has 0 radical (unpaired) electrons. The van der Waals surface area contributed by atoms with Gasteiger partial charge in [0.25, 0.3) is 0 Å². The van der Waals surface area contributed by atoms with Crippen molar-refractivity contribution in [2.75, 3.05) is 4.90 Å². The number of allylic oxidation sites excluding steroid dienone is 2. The molecule has 8 aromatic carbocycles. The zero-order valence-corrected chi connectivity index (χ0v) is 29.3. The maximum atomic E-state index is 2.53. The summed E-state index contributed by atoms with van der Waals surface area (Å²) in [6.07, 6.45) is 17.8. The Labute approximate surface area is 300 Å². The molecule has 0 bridgehead atoms. The highest BCUT2D eigenvalue weighted by Crippen LogP contribution is 2.50. The summed E-state index contributed by atoms with van der Waals surface area (Å²) in [6, 6.07) is 48.3. The molecule has 8 aromatic rings. The monoisotopic (exact) mass is 657 g/mol. The Morgan fingerprint density at radius 3 is 1.37 bits per heavy atom. The van der Waals surface area contributed by atoms with Gasteiger partial charge in [0, 0.05) is 27.5 Å². The number of nitrogens with zero attached hydrogens (tertiary/aromatic N) is 1. The van der Waals surface area contributed by atoms with Crippen molar-refractivity contribution < 1.29 is 0 Å². The van der Waals surface area contributed by atoms with Gasteiger partial charge in [-0.15, -0.1) is 0 Å². The highest BCUT2D eigenvalue weighted by Gasteiger charge is 2.23. The predicted molar refractivity (Wildman–Crippen MR) is 222 cm³/mol. The van der Waals surface area contributed by atoms with Gasteiger partial charge in [0.15, 0.2) is 0 Å². The summed E-state index contributed by atoms with van der Waals surface area (Å²) in [4.78, 5) is 2.53. The van der Waals surface area contributed by atoms with Gasteiger partial charge in [-0.3, -0.25) is 0 Å². The average Bonchev–Trinajstić information content (AvgIpc) is 3.19. The molecule has 0 spiro atoms. The second-order valence-electron chi connectivity index (χ2n) is 15.0. The van der Waals surface area contributed by atoms with Crippen molar-refractivity contribution in [3.63, 3.8) is 0 Å². The van der Waals surface area contributed by atoms with E-state index in [-0.39, 0.29) is 0 Å². The van der Waals surface area contributed by atoms with Crippen LogP contribution in [0.25, 0.3) is 66.0 Å². The molecule has 0 atom stereocenters. The molecule has 2 aliphatic rings. The summed E-state index contributed by atoms with van der Waals surface area (Å²) in [5, 5.41) is 13.2. The van der Waals surface area contributed by atoms with Gasteiger partial charge in [0.2, 0.25) is 0 Å². The van der Waals surface area contributed by atoms with Gasteiger partial charge in [-0.25, -0.2) is 0 Å². The number of hydrogen-bond acceptors (Lipinski definition) is 1. The van der Waals surface area contributed by atoms with Crippen LogP contribution in [-0.2, 0) is 0 Å². The third-order valence-corrected chi connectivity index (χ3v) is 11.7. The van der Waals surface area contributed by atoms with Gasteiger partial charge >= 0.3 is 0 Å². The standard InChI is InChI=1S/C50H43N/c1-3-12-34(13-4-1)32-36-24-28-39(29-25-36)51(40-30-26-37(27-31-40)33-35-14-5-2-6-15-35)50-44-19-8-7-18-43(44)48-45-22-10-17-38-16-9-20-41(47(38)45)42-21-11-23-46(50)49(42)48/h7-11,16-33H,1-6,12-15H2. The maximum absolute atomic E-state index is 2.53. The molecule has 2 fully saturated rings. The Hall–Kier alpha value is -5.40. The smallest absolute Gasteiger partial charge is 0.0619 e. The Balaban J connectivity index is 1.23. The molecule has 248 valence electrons. The second kappa shape index (κ2) is 12.7. The molecular formula is C50H43N. The summed E-state index contributed by atoms with van der Waals surface area (Å²) in [5.41, 5.74) is 9.41. The molecule has 1 heteroatoms. The first-order chi connectivity index (χ1) is 25.3. The van der Waals surface area contributed by atoms with Gasteiger partial charge in [0.05, 0.1) is 5.69 Å². The first-order valence-corrected chi connectivity index (χ1v) is 19.2. The Bertz CT molecular complexity index is 2530. The number of hydrogen-bond donors (Lipinski definition) is 0. The lowest BCUT2D eigenvalue weighted by Gasteiger charge is -2.30. The van der Waals surface area contributed by atoms with Crippen molar-refractivity contribution in [1.82, 2.24) is 0 Å². The van der Waals surface area contributed by atoms with Crippen LogP contribution in [0, 0.1) is 0 Å². The van der Waals surface area contributed by atoms with Gasteiger partial charge in [-0.1, -0.05) is 139 Å². The van der Waals surface area contributed by atoms with Crippen LogP contribution in [0.4, 0.5) is 17.1 Å². The van der Waals surface area contributed by atoms with E-state index in [1.165, 1.54) is 146 Å². The van der Waals surface area contributed by atoms with Gasteiger partial charge in [-0.2, -0.15) is 0 Å². The molecule has 0 aromatic heterocycles. The van der Waals surface area contributed by atoms with Crippen LogP contribution in [0.1, 0.15) is 75.3 Å². The summed E-state index contributed by atoms with van der Waals surface area (Å²) in [5.74, 6) is 0. The molecule has 1 nitrogen and oxygen atoms in total. The number of rotatable bonds is 5. The van der Waals surface area contributed by atoms with Crippen LogP contribution in [0.5, 0.6) is 0 Å². The van der Waals surface area contributed by atoms with Crippen molar-refractivity contribution >= 4 is 83.1 Å². The zero-order chi connectivity index (χ0) is 33.7. The van der Waals surface area contributed by atoms with Crippen molar-refractivity contribution in [3.8, 4) is 0 Å². The van der Waals surface area contributed by atoms with Crippen LogP contribution >= 0.6 is 0 Å². The average molecular weight is 658 g/mol. The van der Waals surface area contributed by atoms with Crippen LogP contribution in [0.15, 0.2) is 139 Å². The lowest BCUT2D eigenvalue weighted by Crippen LogP contribution is -2.11. The van der Waals surface area contributed by atoms with Crippen LogP contribution in [-0.4, -0.2) is 0 Å². The first-order valence-electron chi connectivity index (χ1n) is 19.2. The fourth-order valence-corrected chi connectivity index (χ4v) is 9.34. The Kier molecular flexibility index (Phi) is 7.60. The van der Waals surface area contributed by atoms with Crippen molar-refractivity contribution in [2.24, 2.45) is 0 Å². The van der Waals surface area contributed by atoms with Crippen LogP contribution < -0.4 is 4.90 Å².